The van der Waals surface area contributed by atoms with E-state index in [9.17, 15) is 8.42 Å². The highest BCUT2D eigenvalue weighted by Gasteiger charge is 2.19. The largest absolute Gasteiger partial charge is 0.381 e. The maximum absolute atomic E-state index is 11.9. The Balaban J connectivity index is 2.43. The Morgan fingerprint density at radius 3 is 2.78 bits per heavy atom. The molecular formula is C10H20N4O3S. The van der Waals surface area contributed by atoms with E-state index in [4.69, 9.17) is 10.5 Å². The van der Waals surface area contributed by atoms with Crippen molar-refractivity contribution >= 4 is 15.8 Å². The fraction of sp³-hybridized carbons (Fsp3) is 0.700. The van der Waals surface area contributed by atoms with Gasteiger partial charge in [0.05, 0.1) is 0 Å². The van der Waals surface area contributed by atoms with Crippen molar-refractivity contribution in [3.05, 3.63) is 6.20 Å². The number of ether oxygens (including phenoxy) is 1. The molecule has 18 heavy (non-hydrogen) atoms. The number of rotatable bonds is 8. The van der Waals surface area contributed by atoms with Gasteiger partial charge in [0.25, 0.3) is 0 Å². The van der Waals surface area contributed by atoms with Crippen molar-refractivity contribution in [3.63, 3.8) is 0 Å². The third-order valence-corrected chi connectivity index (χ3v) is 3.70. The second-order valence-electron chi connectivity index (χ2n) is 3.92. The molecule has 0 unspecified atom stereocenters. The summed E-state index contributed by atoms with van der Waals surface area (Å²) in [4.78, 5) is 0.0134. The highest BCUT2D eigenvalue weighted by molar-refractivity contribution is 7.89. The van der Waals surface area contributed by atoms with Gasteiger partial charge in [-0.25, -0.2) is 13.1 Å². The Bertz CT molecular complexity index is 469. The normalized spacial score (nSPS) is 11.9. The monoisotopic (exact) mass is 276 g/mol. The molecule has 0 aliphatic heterocycles. The Morgan fingerprint density at radius 2 is 2.22 bits per heavy atom. The SMILES string of the molecule is CCCOCCCNS(=O)(=O)c1cn(C)nc1N. The van der Waals surface area contributed by atoms with Gasteiger partial charge < -0.3 is 10.5 Å². The van der Waals surface area contributed by atoms with Gasteiger partial charge in [0, 0.05) is 33.0 Å². The Hall–Kier alpha value is -1.12. The molecule has 0 spiro atoms. The summed E-state index contributed by atoms with van der Waals surface area (Å²) in [5.74, 6) is 0.00670. The number of anilines is 1. The number of sulfonamides is 1. The molecule has 0 radical (unpaired) electrons. The first-order valence-electron chi connectivity index (χ1n) is 5.84. The van der Waals surface area contributed by atoms with Crippen LogP contribution in [0.4, 0.5) is 5.82 Å². The molecule has 104 valence electrons. The number of aromatic nitrogens is 2. The van der Waals surface area contributed by atoms with Crippen molar-refractivity contribution in [3.8, 4) is 0 Å². The summed E-state index contributed by atoms with van der Waals surface area (Å²) in [5.41, 5.74) is 5.52. The van der Waals surface area contributed by atoms with Crippen LogP contribution in [0.3, 0.4) is 0 Å². The molecule has 0 amide bonds. The van der Waals surface area contributed by atoms with E-state index >= 15 is 0 Å². The molecule has 1 aromatic rings. The van der Waals surface area contributed by atoms with E-state index in [-0.39, 0.29) is 10.7 Å². The number of nitrogens with two attached hydrogens (primary N) is 1. The van der Waals surface area contributed by atoms with Crippen LogP contribution in [-0.4, -0.2) is 38.0 Å². The summed E-state index contributed by atoms with van der Waals surface area (Å²) < 4.78 is 32.8. The molecule has 8 heteroatoms. The zero-order chi connectivity index (χ0) is 13.6. The van der Waals surface area contributed by atoms with Gasteiger partial charge >= 0.3 is 0 Å². The maximum atomic E-state index is 11.9. The van der Waals surface area contributed by atoms with Crippen LogP contribution in [0.15, 0.2) is 11.1 Å². The van der Waals surface area contributed by atoms with E-state index in [1.165, 1.54) is 10.9 Å². The van der Waals surface area contributed by atoms with Crippen molar-refractivity contribution in [2.24, 2.45) is 7.05 Å². The molecule has 0 saturated carbocycles. The second kappa shape index (κ2) is 6.72. The molecule has 0 aliphatic rings. The number of hydrogen-bond acceptors (Lipinski definition) is 5. The number of nitrogens with one attached hydrogen (secondary N) is 1. The molecule has 0 aromatic carbocycles. The topological polar surface area (TPSA) is 99.2 Å². The van der Waals surface area contributed by atoms with Crippen LogP contribution in [0.5, 0.6) is 0 Å². The van der Waals surface area contributed by atoms with E-state index in [0.717, 1.165) is 6.42 Å². The van der Waals surface area contributed by atoms with Crippen molar-refractivity contribution in [2.45, 2.75) is 24.7 Å². The molecule has 0 aliphatic carbocycles. The van der Waals surface area contributed by atoms with Gasteiger partial charge in [0.15, 0.2) is 5.82 Å². The van der Waals surface area contributed by atoms with Crippen molar-refractivity contribution in [1.82, 2.24) is 14.5 Å². The van der Waals surface area contributed by atoms with Gasteiger partial charge in [-0.3, -0.25) is 4.68 Å². The number of hydrogen-bond donors (Lipinski definition) is 2. The number of nitrogens with zero attached hydrogens (tertiary/aromatic N) is 2. The molecular weight excluding hydrogens is 256 g/mol. The Kier molecular flexibility index (Phi) is 5.57. The minimum atomic E-state index is -3.58. The average Bonchev–Trinajstić information content (AvgIpc) is 2.63. The summed E-state index contributed by atoms with van der Waals surface area (Å²) in [6.45, 7) is 3.58. The van der Waals surface area contributed by atoms with Gasteiger partial charge in [-0.05, 0) is 12.8 Å². The zero-order valence-corrected chi connectivity index (χ0v) is 11.5. The molecule has 0 fully saturated rings. The average molecular weight is 276 g/mol. The van der Waals surface area contributed by atoms with Crippen LogP contribution >= 0.6 is 0 Å². The first-order valence-corrected chi connectivity index (χ1v) is 7.32. The third kappa shape index (κ3) is 4.28. The lowest BCUT2D eigenvalue weighted by molar-refractivity contribution is 0.133. The van der Waals surface area contributed by atoms with E-state index in [2.05, 4.69) is 9.82 Å². The lowest BCUT2D eigenvalue weighted by Gasteiger charge is -2.05. The lowest BCUT2D eigenvalue weighted by atomic mass is 10.4. The molecule has 1 rings (SSSR count). The van der Waals surface area contributed by atoms with E-state index < -0.39 is 10.0 Å². The molecule has 3 N–H and O–H groups in total. The maximum Gasteiger partial charge on any atom is 0.245 e. The molecule has 0 atom stereocenters. The fourth-order valence-corrected chi connectivity index (χ4v) is 2.57. The molecule has 0 bridgehead atoms. The van der Waals surface area contributed by atoms with Crippen molar-refractivity contribution in [1.29, 1.82) is 0 Å². The van der Waals surface area contributed by atoms with Gasteiger partial charge in [0.1, 0.15) is 4.90 Å². The summed E-state index contributed by atoms with van der Waals surface area (Å²) in [6, 6.07) is 0. The predicted molar refractivity (Wildman–Crippen MR) is 68.5 cm³/mol. The van der Waals surface area contributed by atoms with Crippen LogP contribution in [0.2, 0.25) is 0 Å². The van der Waals surface area contributed by atoms with Crippen molar-refractivity contribution < 1.29 is 13.2 Å². The van der Waals surface area contributed by atoms with Gasteiger partial charge in [0.2, 0.25) is 10.0 Å². The molecule has 1 aromatic heterocycles. The first kappa shape index (κ1) is 14.9. The Morgan fingerprint density at radius 1 is 1.50 bits per heavy atom. The van der Waals surface area contributed by atoms with Crippen LogP contribution in [0.25, 0.3) is 0 Å². The van der Waals surface area contributed by atoms with Crippen LogP contribution in [0, 0.1) is 0 Å². The summed E-state index contributed by atoms with van der Waals surface area (Å²) in [6.07, 6.45) is 2.96. The zero-order valence-electron chi connectivity index (χ0n) is 10.7. The fourth-order valence-electron chi connectivity index (χ4n) is 1.40. The standard InChI is InChI=1S/C10H20N4O3S/c1-3-6-17-7-4-5-12-18(15,16)9-8-14(2)13-10(9)11/h8,12H,3-7H2,1-2H3,(H2,11,13). The number of nitrogen functional groups attached to an aromatic ring is 1. The minimum absolute atomic E-state index is 0.00670. The second-order valence-corrected chi connectivity index (χ2v) is 5.65. The van der Waals surface area contributed by atoms with Gasteiger partial charge in [-0.1, -0.05) is 6.92 Å². The van der Waals surface area contributed by atoms with E-state index in [1.54, 1.807) is 7.05 Å². The molecule has 1 heterocycles. The molecule has 7 nitrogen and oxygen atoms in total. The summed E-state index contributed by atoms with van der Waals surface area (Å²) >= 11 is 0. The summed E-state index contributed by atoms with van der Waals surface area (Å²) in [7, 11) is -1.96. The summed E-state index contributed by atoms with van der Waals surface area (Å²) in [5, 5.41) is 3.80. The highest BCUT2D eigenvalue weighted by atomic mass is 32.2. The lowest BCUT2D eigenvalue weighted by Crippen LogP contribution is -2.26. The van der Waals surface area contributed by atoms with Gasteiger partial charge in [-0.2, -0.15) is 5.10 Å². The van der Waals surface area contributed by atoms with Gasteiger partial charge in [-0.15, -0.1) is 0 Å². The van der Waals surface area contributed by atoms with E-state index in [1.807, 2.05) is 6.92 Å². The smallest absolute Gasteiger partial charge is 0.245 e. The minimum Gasteiger partial charge on any atom is -0.381 e. The highest BCUT2D eigenvalue weighted by Crippen LogP contribution is 2.14. The first-order chi connectivity index (χ1) is 8.47. The van der Waals surface area contributed by atoms with Crippen LogP contribution in [0.1, 0.15) is 19.8 Å². The third-order valence-electron chi connectivity index (χ3n) is 2.22. The van der Waals surface area contributed by atoms with Crippen LogP contribution in [-0.2, 0) is 21.8 Å². The number of aryl methyl sites for hydroxylation is 1. The van der Waals surface area contributed by atoms with Crippen LogP contribution < -0.4 is 10.5 Å². The quantitative estimate of drug-likeness (QED) is 0.656. The predicted octanol–water partition coefficient (Wildman–Crippen LogP) is 0.0973. The Labute approximate surface area is 107 Å². The van der Waals surface area contributed by atoms with E-state index in [0.29, 0.717) is 26.2 Å². The molecule has 0 saturated heterocycles. The van der Waals surface area contributed by atoms with Crippen molar-refractivity contribution in [2.75, 3.05) is 25.5 Å².